The van der Waals surface area contributed by atoms with Crippen LogP contribution >= 0.6 is 0 Å². The summed E-state index contributed by atoms with van der Waals surface area (Å²) in [6, 6.07) is -0.306. The van der Waals surface area contributed by atoms with Crippen LogP contribution in [0.15, 0.2) is 12.5 Å². The van der Waals surface area contributed by atoms with E-state index < -0.39 is 0 Å². The molecule has 1 aromatic rings. The lowest BCUT2D eigenvalue weighted by Crippen LogP contribution is -2.22. The molecule has 3 N–H and O–H groups in total. The van der Waals surface area contributed by atoms with E-state index in [9.17, 15) is 0 Å². The zero-order valence-electron chi connectivity index (χ0n) is 10.5. The first-order valence-electron chi connectivity index (χ1n) is 6.57. The Morgan fingerprint density at radius 2 is 2.18 bits per heavy atom. The SMILES string of the molecule is CC1CCC(Cn2cncc2C(N)CO)CC1. The minimum atomic E-state index is -0.306. The van der Waals surface area contributed by atoms with Crippen molar-refractivity contribution in [2.45, 2.75) is 45.2 Å². The molecule has 2 rings (SSSR count). The lowest BCUT2D eigenvalue weighted by molar-refractivity contribution is 0.247. The van der Waals surface area contributed by atoms with Crippen LogP contribution in [-0.4, -0.2) is 21.3 Å². The molecule has 1 aliphatic carbocycles. The monoisotopic (exact) mass is 237 g/mol. The van der Waals surface area contributed by atoms with Gasteiger partial charge in [-0.3, -0.25) is 0 Å². The molecular weight excluding hydrogens is 214 g/mol. The summed E-state index contributed by atoms with van der Waals surface area (Å²) < 4.78 is 2.11. The van der Waals surface area contributed by atoms with Gasteiger partial charge in [0.25, 0.3) is 0 Å². The van der Waals surface area contributed by atoms with E-state index >= 15 is 0 Å². The molecular formula is C13H23N3O. The van der Waals surface area contributed by atoms with Crippen LogP contribution in [-0.2, 0) is 6.54 Å². The van der Waals surface area contributed by atoms with Crippen LogP contribution in [0.4, 0.5) is 0 Å². The molecule has 1 fully saturated rings. The predicted octanol–water partition coefficient (Wildman–Crippen LogP) is 1.70. The number of hydrogen-bond acceptors (Lipinski definition) is 3. The average molecular weight is 237 g/mol. The fourth-order valence-electron chi connectivity index (χ4n) is 2.68. The van der Waals surface area contributed by atoms with Crippen molar-refractivity contribution in [2.75, 3.05) is 6.61 Å². The highest BCUT2D eigenvalue weighted by Gasteiger charge is 2.20. The highest BCUT2D eigenvalue weighted by molar-refractivity contribution is 5.04. The Balaban J connectivity index is 1.96. The van der Waals surface area contributed by atoms with Crippen molar-refractivity contribution in [3.05, 3.63) is 18.2 Å². The molecule has 0 spiro atoms. The summed E-state index contributed by atoms with van der Waals surface area (Å²) in [5.74, 6) is 1.62. The van der Waals surface area contributed by atoms with Crippen molar-refractivity contribution >= 4 is 0 Å². The Morgan fingerprint density at radius 3 is 2.82 bits per heavy atom. The number of rotatable bonds is 4. The summed E-state index contributed by atoms with van der Waals surface area (Å²) in [6.45, 7) is 3.31. The van der Waals surface area contributed by atoms with Crippen LogP contribution in [0.25, 0.3) is 0 Å². The fraction of sp³-hybridized carbons (Fsp3) is 0.769. The maximum Gasteiger partial charge on any atom is 0.0948 e. The van der Waals surface area contributed by atoms with Gasteiger partial charge in [-0.2, -0.15) is 0 Å². The zero-order chi connectivity index (χ0) is 12.3. The van der Waals surface area contributed by atoms with Crippen LogP contribution in [0.1, 0.15) is 44.3 Å². The number of nitrogens with zero attached hydrogens (tertiary/aromatic N) is 2. The molecule has 0 radical (unpaired) electrons. The van der Waals surface area contributed by atoms with Gasteiger partial charge in [-0.05, 0) is 24.7 Å². The largest absolute Gasteiger partial charge is 0.394 e. The smallest absolute Gasteiger partial charge is 0.0948 e. The number of aliphatic hydroxyl groups is 1. The van der Waals surface area contributed by atoms with Gasteiger partial charge in [0.1, 0.15) is 0 Å². The number of nitrogens with two attached hydrogens (primary N) is 1. The molecule has 17 heavy (non-hydrogen) atoms. The van der Waals surface area contributed by atoms with Gasteiger partial charge in [0, 0.05) is 12.7 Å². The third-order valence-electron chi connectivity index (χ3n) is 3.91. The van der Waals surface area contributed by atoms with Gasteiger partial charge >= 0.3 is 0 Å². The molecule has 1 aliphatic rings. The third kappa shape index (κ3) is 3.07. The topological polar surface area (TPSA) is 64.1 Å². The van der Waals surface area contributed by atoms with Crippen LogP contribution < -0.4 is 5.73 Å². The molecule has 1 aromatic heterocycles. The average Bonchev–Trinajstić information content (AvgIpc) is 2.79. The highest BCUT2D eigenvalue weighted by Crippen LogP contribution is 2.29. The minimum Gasteiger partial charge on any atom is -0.394 e. The highest BCUT2D eigenvalue weighted by atomic mass is 16.3. The number of aliphatic hydroxyl groups excluding tert-OH is 1. The van der Waals surface area contributed by atoms with Gasteiger partial charge in [0.2, 0.25) is 0 Å². The maximum atomic E-state index is 9.11. The second-order valence-electron chi connectivity index (χ2n) is 5.39. The normalized spacial score (nSPS) is 27.0. The van der Waals surface area contributed by atoms with Gasteiger partial charge in [0.05, 0.1) is 24.7 Å². The first-order chi connectivity index (χ1) is 8.20. The second kappa shape index (κ2) is 5.65. The maximum absolute atomic E-state index is 9.11. The van der Waals surface area contributed by atoms with Crippen molar-refractivity contribution in [3.63, 3.8) is 0 Å². The van der Waals surface area contributed by atoms with E-state index in [2.05, 4.69) is 16.5 Å². The van der Waals surface area contributed by atoms with Crippen LogP contribution in [0.2, 0.25) is 0 Å². The Kier molecular flexibility index (Phi) is 4.18. The summed E-state index contributed by atoms with van der Waals surface area (Å²) in [7, 11) is 0. The van der Waals surface area contributed by atoms with Crippen molar-refractivity contribution in [2.24, 2.45) is 17.6 Å². The van der Waals surface area contributed by atoms with E-state index in [4.69, 9.17) is 10.8 Å². The number of aromatic nitrogens is 2. The van der Waals surface area contributed by atoms with Crippen molar-refractivity contribution in [1.29, 1.82) is 0 Å². The summed E-state index contributed by atoms with van der Waals surface area (Å²) in [5.41, 5.74) is 6.81. The van der Waals surface area contributed by atoms with Crippen molar-refractivity contribution in [3.8, 4) is 0 Å². The van der Waals surface area contributed by atoms with E-state index in [1.165, 1.54) is 25.7 Å². The van der Waals surface area contributed by atoms with E-state index in [0.717, 1.165) is 24.1 Å². The van der Waals surface area contributed by atoms with Crippen LogP contribution in [0.5, 0.6) is 0 Å². The van der Waals surface area contributed by atoms with Gasteiger partial charge < -0.3 is 15.4 Å². The number of imidazole rings is 1. The van der Waals surface area contributed by atoms with E-state index in [-0.39, 0.29) is 12.6 Å². The first-order valence-corrected chi connectivity index (χ1v) is 6.57. The lowest BCUT2D eigenvalue weighted by atomic mass is 9.83. The number of hydrogen-bond donors (Lipinski definition) is 2. The van der Waals surface area contributed by atoms with Gasteiger partial charge in [-0.1, -0.05) is 19.8 Å². The Bertz CT molecular complexity index is 342. The van der Waals surface area contributed by atoms with E-state index in [0.29, 0.717) is 0 Å². The lowest BCUT2D eigenvalue weighted by Gasteiger charge is -2.27. The summed E-state index contributed by atoms with van der Waals surface area (Å²) >= 11 is 0. The molecule has 4 heteroatoms. The molecule has 0 bridgehead atoms. The molecule has 0 saturated heterocycles. The van der Waals surface area contributed by atoms with E-state index in [1.807, 2.05) is 6.33 Å². The summed E-state index contributed by atoms with van der Waals surface area (Å²) in [6.07, 6.45) is 8.87. The first kappa shape index (κ1) is 12.6. The summed E-state index contributed by atoms with van der Waals surface area (Å²) in [5, 5.41) is 9.11. The molecule has 4 nitrogen and oxygen atoms in total. The Labute approximate surface area is 103 Å². The van der Waals surface area contributed by atoms with Crippen LogP contribution in [0.3, 0.4) is 0 Å². The van der Waals surface area contributed by atoms with E-state index in [1.54, 1.807) is 6.20 Å². The molecule has 0 aromatic carbocycles. The molecule has 1 heterocycles. The molecule has 1 unspecified atom stereocenters. The predicted molar refractivity (Wildman–Crippen MR) is 67.4 cm³/mol. The Hall–Kier alpha value is -0.870. The van der Waals surface area contributed by atoms with Crippen molar-refractivity contribution in [1.82, 2.24) is 9.55 Å². The Morgan fingerprint density at radius 1 is 1.47 bits per heavy atom. The molecule has 0 amide bonds. The minimum absolute atomic E-state index is 0.0204. The second-order valence-corrected chi connectivity index (χ2v) is 5.39. The standard InChI is InChI=1S/C13H23N3O/c1-10-2-4-11(5-3-10)7-16-9-15-6-13(16)12(14)8-17/h6,9-12,17H,2-5,7-8,14H2,1H3. The summed E-state index contributed by atoms with van der Waals surface area (Å²) in [4.78, 5) is 4.14. The molecule has 96 valence electrons. The molecule has 1 atom stereocenters. The van der Waals surface area contributed by atoms with Gasteiger partial charge in [0.15, 0.2) is 0 Å². The fourth-order valence-corrected chi connectivity index (χ4v) is 2.68. The van der Waals surface area contributed by atoms with Crippen molar-refractivity contribution < 1.29 is 5.11 Å². The van der Waals surface area contributed by atoms with Gasteiger partial charge in [-0.15, -0.1) is 0 Å². The quantitative estimate of drug-likeness (QED) is 0.837. The third-order valence-corrected chi connectivity index (χ3v) is 3.91. The molecule has 0 aliphatic heterocycles. The zero-order valence-corrected chi connectivity index (χ0v) is 10.5. The van der Waals surface area contributed by atoms with Crippen LogP contribution in [0, 0.1) is 11.8 Å². The van der Waals surface area contributed by atoms with Gasteiger partial charge in [-0.25, -0.2) is 4.98 Å². The molecule has 1 saturated carbocycles.